The molecule has 1 aromatic heterocycles. The van der Waals surface area contributed by atoms with Gasteiger partial charge in [-0.1, -0.05) is 0 Å². The Morgan fingerprint density at radius 2 is 2.55 bits per heavy atom. The number of hydrogen-bond donors (Lipinski definition) is 1. The third-order valence-corrected chi connectivity index (χ3v) is 0.965. The maximum absolute atomic E-state index is 10.4. The first kappa shape index (κ1) is 7.46. The number of nitrogens with one attached hydrogen (secondary N) is 1. The Balaban J connectivity index is 2.66. The third-order valence-electron chi connectivity index (χ3n) is 0.965. The van der Waals surface area contributed by atoms with Crippen molar-refractivity contribution in [1.29, 1.82) is 0 Å². The molecule has 0 bridgehead atoms. The fourth-order valence-corrected chi connectivity index (χ4v) is 0.539. The summed E-state index contributed by atoms with van der Waals surface area (Å²) < 4.78 is 4.81. The highest BCUT2D eigenvalue weighted by Crippen LogP contribution is 2.00. The van der Waals surface area contributed by atoms with Crippen LogP contribution in [0, 0.1) is 0 Å². The molecule has 0 aliphatic heterocycles. The van der Waals surface area contributed by atoms with Gasteiger partial charge < -0.3 is 9.72 Å². The van der Waals surface area contributed by atoms with Crippen LogP contribution in [0.15, 0.2) is 17.2 Å². The summed E-state index contributed by atoms with van der Waals surface area (Å²) in [6.07, 6.45) is 3.21. The molecular weight excluding hydrogens is 148 g/mol. The number of nitrogens with zero attached hydrogens (tertiary/aromatic N) is 1. The lowest BCUT2D eigenvalue weighted by Gasteiger charge is -1.97. The molecule has 1 aromatic rings. The van der Waals surface area contributed by atoms with Crippen molar-refractivity contribution in [2.75, 3.05) is 6.61 Å². The zero-order chi connectivity index (χ0) is 8.10. The molecule has 1 N–H and O–H groups in total. The van der Waals surface area contributed by atoms with Crippen molar-refractivity contribution in [3.05, 3.63) is 22.9 Å². The molecule has 0 aromatic carbocycles. The van der Waals surface area contributed by atoms with Gasteiger partial charge in [-0.3, -0.25) is 4.79 Å². The molecular formula is C6H6N2O3. The van der Waals surface area contributed by atoms with Crippen molar-refractivity contribution in [2.24, 2.45) is 0 Å². The summed E-state index contributed by atoms with van der Waals surface area (Å²) in [5, 5.41) is 0. The summed E-state index contributed by atoms with van der Waals surface area (Å²) in [7, 11) is 0. The van der Waals surface area contributed by atoms with Gasteiger partial charge in [0, 0.05) is 6.20 Å². The van der Waals surface area contributed by atoms with Crippen LogP contribution in [0.3, 0.4) is 0 Å². The maximum atomic E-state index is 10.4. The molecule has 0 unspecified atom stereocenters. The van der Waals surface area contributed by atoms with Gasteiger partial charge in [-0.15, -0.1) is 0 Å². The lowest BCUT2D eigenvalue weighted by molar-refractivity contribution is -0.109. The quantitative estimate of drug-likeness (QED) is 0.587. The minimum Gasteiger partial charge on any atom is -0.483 e. The van der Waals surface area contributed by atoms with Crippen LogP contribution in [-0.2, 0) is 4.79 Å². The van der Waals surface area contributed by atoms with E-state index in [9.17, 15) is 9.59 Å². The molecule has 0 aliphatic rings. The molecule has 5 heteroatoms. The molecule has 11 heavy (non-hydrogen) atoms. The van der Waals surface area contributed by atoms with Gasteiger partial charge in [0.2, 0.25) is 0 Å². The van der Waals surface area contributed by atoms with Crippen molar-refractivity contribution in [3.8, 4) is 5.75 Å². The van der Waals surface area contributed by atoms with Crippen molar-refractivity contribution in [1.82, 2.24) is 9.97 Å². The SMILES string of the molecule is O=CCOc1cnc(=O)[nH]c1. The van der Waals surface area contributed by atoms with E-state index in [1.165, 1.54) is 12.4 Å². The van der Waals surface area contributed by atoms with E-state index < -0.39 is 5.69 Å². The summed E-state index contributed by atoms with van der Waals surface area (Å²) in [5.74, 6) is 0.372. The van der Waals surface area contributed by atoms with E-state index in [1.54, 1.807) is 0 Å². The van der Waals surface area contributed by atoms with Gasteiger partial charge in [0.1, 0.15) is 6.61 Å². The highest BCUT2D eigenvalue weighted by atomic mass is 16.5. The second-order valence-corrected chi connectivity index (χ2v) is 1.73. The Labute approximate surface area is 62.0 Å². The minimum atomic E-state index is -0.441. The van der Waals surface area contributed by atoms with Crippen LogP contribution in [0.25, 0.3) is 0 Å². The summed E-state index contributed by atoms with van der Waals surface area (Å²) in [4.78, 5) is 25.9. The Morgan fingerprint density at radius 1 is 1.73 bits per heavy atom. The molecule has 0 radical (unpaired) electrons. The maximum Gasteiger partial charge on any atom is 0.345 e. The van der Waals surface area contributed by atoms with Crippen LogP contribution in [0.5, 0.6) is 5.75 Å². The van der Waals surface area contributed by atoms with E-state index in [4.69, 9.17) is 4.74 Å². The molecule has 0 spiro atoms. The molecule has 58 valence electrons. The number of rotatable bonds is 3. The zero-order valence-corrected chi connectivity index (χ0v) is 5.61. The average Bonchev–Trinajstić information content (AvgIpc) is 2.04. The monoisotopic (exact) mass is 154 g/mol. The minimum absolute atomic E-state index is 0.0340. The van der Waals surface area contributed by atoms with Crippen molar-refractivity contribution in [2.45, 2.75) is 0 Å². The van der Waals surface area contributed by atoms with E-state index in [0.717, 1.165) is 0 Å². The first-order chi connectivity index (χ1) is 5.33. The van der Waals surface area contributed by atoms with Crippen LogP contribution >= 0.6 is 0 Å². The predicted octanol–water partition coefficient (Wildman–Crippen LogP) is -0.652. The molecule has 5 nitrogen and oxygen atoms in total. The first-order valence-electron chi connectivity index (χ1n) is 2.94. The summed E-state index contributed by atoms with van der Waals surface area (Å²) >= 11 is 0. The number of ether oxygens (including phenoxy) is 1. The second kappa shape index (κ2) is 3.50. The Kier molecular flexibility index (Phi) is 2.37. The van der Waals surface area contributed by atoms with E-state index in [0.29, 0.717) is 12.0 Å². The zero-order valence-electron chi connectivity index (χ0n) is 5.61. The number of carbonyl (C=O) groups excluding carboxylic acids is 1. The molecule has 0 fully saturated rings. The largest absolute Gasteiger partial charge is 0.483 e. The van der Waals surface area contributed by atoms with Crippen molar-refractivity contribution >= 4 is 6.29 Å². The normalized spacial score (nSPS) is 9.09. The topological polar surface area (TPSA) is 72.0 Å². The molecule has 0 saturated carbocycles. The lowest BCUT2D eigenvalue weighted by Crippen LogP contribution is -2.09. The van der Waals surface area contributed by atoms with Crippen molar-refractivity contribution < 1.29 is 9.53 Å². The highest BCUT2D eigenvalue weighted by molar-refractivity contribution is 5.51. The van der Waals surface area contributed by atoms with Crippen molar-refractivity contribution in [3.63, 3.8) is 0 Å². The molecule has 1 rings (SSSR count). The Morgan fingerprint density at radius 3 is 3.09 bits per heavy atom. The fourth-order valence-electron chi connectivity index (χ4n) is 0.539. The smallest absolute Gasteiger partial charge is 0.345 e. The highest BCUT2D eigenvalue weighted by Gasteiger charge is 1.91. The number of carbonyl (C=O) groups is 1. The van der Waals surface area contributed by atoms with E-state index >= 15 is 0 Å². The van der Waals surface area contributed by atoms with Gasteiger partial charge in [-0.2, -0.15) is 4.98 Å². The van der Waals surface area contributed by atoms with Crippen LogP contribution in [0.4, 0.5) is 0 Å². The van der Waals surface area contributed by atoms with E-state index in [2.05, 4.69) is 9.97 Å². The number of hydrogen-bond acceptors (Lipinski definition) is 4. The van der Waals surface area contributed by atoms with E-state index in [1.807, 2.05) is 0 Å². The number of H-pyrrole nitrogens is 1. The van der Waals surface area contributed by atoms with Crippen LogP contribution < -0.4 is 10.4 Å². The van der Waals surface area contributed by atoms with Gasteiger partial charge >= 0.3 is 5.69 Å². The fraction of sp³-hybridized carbons (Fsp3) is 0.167. The number of aldehydes is 1. The predicted molar refractivity (Wildman–Crippen MR) is 36.4 cm³/mol. The van der Waals surface area contributed by atoms with Gasteiger partial charge in [-0.25, -0.2) is 4.79 Å². The van der Waals surface area contributed by atoms with Crippen LogP contribution in [-0.4, -0.2) is 22.9 Å². The summed E-state index contributed by atoms with van der Waals surface area (Å²) in [5.41, 5.74) is -0.441. The Bertz CT molecular complexity index is 274. The molecule has 0 atom stereocenters. The molecule has 0 saturated heterocycles. The number of aromatic nitrogens is 2. The molecule has 0 amide bonds. The molecule has 1 heterocycles. The average molecular weight is 154 g/mol. The molecule has 0 aliphatic carbocycles. The van der Waals surface area contributed by atoms with Gasteiger partial charge in [-0.05, 0) is 0 Å². The second-order valence-electron chi connectivity index (χ2n) is 1.73. The lowest BCUT2D eigenvalue weighted by atomic mass is 10.6. The summed E-state index contributed by atoms with van der Waals surface area (Å²) in [6, 6.07) is 0. The van der Waals surface area contributed by atoms with Gasteiger partial charge in [0.05, 0.1) is 6.20 Å². The van der Waals surface area contributed by atoms with Crippen LogP contribution in [0.1, 0.15) is 0 Å². The number of aromatic amines is 1. The Hall–Kier alpha value is -1.65. The van der Waals surface area contributed by atoms with E-state index in [-0.39, 0.29) is 6.61 Å². The third kappa shape index (κ3) is 2.21. The summed E-state index contributed by atoms with van der Waals surface area (Å²) in [6.45, 7) is -0.0340. The first-order valence-corrected chi connectivity index (χ1v) is 2.94. The van der Waals surface area contributed by atoms with Gasteiger partial charge in [0.25, 0.3) is 0 Å². The standard InChI is InChI=1S/C6H6N2O3/c9-1-2-11-5-3-7-6(10)8-4-5/h1,3-4H,2H2,(H,7,8,10). The van der Waals surface area contributed by atoms with Crippen LogP contribution in [0.2, 0.25) is 0 Å². The van der Waals surface area contributed by atoms with Gasteiger partial charge in [0.15, 0.2) is 12.0 Å².